The highest BCUT2D eigenvalue weighted by Gasteiger charge is 1.96. The molecule has 0 atom stereocenters. The van der Waals surface area contributed by atoms with Gasteiger partial charge in [0.25, 0.3) is 0 Å². The highest BCUT2D eigenvalue weighted by Crippen LogP contribution is 2.07. The fraction of sp³-hybridized carbons (Fsp3) is 0.571. The lowest BCUT2D eigenvalue weighted by Gasteiger charge is -1.96. The van der Waals surface area contributed by atoms with Gasteiger partial charge >= 0.3 is 0 Å². The molecule has 0 radical (unpaired) electrons. The molecule has 0 aromatic carbocycles. The number of carbonyl (C=O) groups is 1. The van der Waals surface area contributed by atoms with E-state index >= 15 is 0 Å². The van der Waals surface area contributed by atoms with Gasteiger partial charge in [-0.2, -0.15) is 0 Å². The van der Waals surface area contributed by atoms with Gasteiger partial charge in [-0.3, -0.25) is 4.79 Å². The summed E-state index contributed by atoms with van der Waals surface area (Å²) < 4.78 is 0. The second-order valence-corrected chi connectivity index (χ2v) is 2.37. The van der Waals surface area contributed by atoms with Crippen LogP contribution in [0.2, 0.25) is 0 Å². The molecule has 0 aromatic heterocycles. The van der Waals surface area contributed by atoms with Gasteiger partial charge in [-0.05, 0) is 13.3 Å². The van der Waals surface area contributed by atoms with E-state index < -0.39 is 0 Å². The van der Waals surface area contributed by atoms with E-state index in [9.17, 15) is 4.79 Å². The molecule has 0 saturated heterocycles. The molecule has 1 nitrogen and oxygen atoms in total. The molecule has 0 aliphatic carbocycles. The second-order valence-electron chi connectivity index (χ2n) is 1.87. The largest absolute Gasteiger partial charge is 0.287 e. The Hall–Kier alpha value is -0.240. The van der Waals surface area contributed by atoms with Gasteiger partial charge in [0.2, 0.25) is 0 Å². The van der Waals surface area contributed by atoms with Gasteiger partial charge in [-0.15, -0.1) is 12.6 Å². The molecule has 0 spiro atoms. The number of carbonyl (C=O) groups excluding carboxylic acids is 1. The number of thiol groups is 1. The lowest BCUT2D eigenvalue weighted by Crippen LogP contribution is -1.88. The van der Waals surface area contributed by atoms with Crippen LogP contribution in [0.1, 0.15) is 26.7 Å². The van der Waals surface area contributed by atoms with Crippen molar-refractivity contribution in [2.45, 2.75) is 26.7 Å². The normalized spacial score (nSPS) is 11.7. The Balaban J connectivity index is 3.71. The predicted octanol–water partition coefficient (Wildman–Crippen LogP) is 2.19. The van der Waals surface area contributed by atoms with Crippen molar-refractivity contribution in [3.63, 3.8) is 0 Å². The average Bonchev–Trinajstić information content (AvgIpc) is 1.82. The second kappa shape index (κ2) is 4.62. The fourth-order valence-electron chi connectivity index (χ4n) is 0.625. The summed E-state index contributed by atoms with van der Waals surface area (Å²) in [5, 5.41) is -0.0510. The summed E-state index contributed by atoms with van der Waals surface area (Å²) in [7, 11) is 0. The zero-order chi connectivity index (χ0) is 7.28. The Morgan fingerprint density at radius 1 is 1.67 bits per heavy atom. The topological polar surface area (TPSA) is 17.1 Å². The van der Waals surface area contributed by atoms with Crippen LogP contribution < -0.4 is 0 Å². The van der Waals surface area contributed by atoms with E-state index in [2.05, 4.69) is 12.6 Å². The molecular formula is C7H12OS. The van der Waals surface area contributed by atoms with Crippen molar-refractivity contribution < 1.29 is 4.79 Å². The van der Waals surface area contributed by atoms with Crippen LogP contribution in [0.5, 0.6) is 0 Å². The Labute approximate surface area is 61.6 Å². The molecule has 0 bridgehead atoms. The lowest BCUT2D eigenvalue weighted by atomic mass is 10.1. The summed E-state index contributed by atoms with van der Waals surface area (Å²) in [6, 6.07) is 0. The first-order valence-electron chi connectivity index (χ1n) is 3.06. The molecule has 9 heavy (non-hydrogen) atoms. The van der Waals surface area contributed by atoms with Gasteiger partial charge in [0, 0.05) is 6.42 Å². The SMILES string of the molecule is CC=C(CC)CC(=O)S. The zero-order valence-electron chi connectivity index (χ0n) is 5.85. The number of hydrogen-bond acceptors (Lipinski definition) is 1. The fourth-order valence-corrected chi connectivity index (χ4v) is 0.829. The third-order valence-electron chi connectivity index (χ3n) is 1.24. The lowest BCUT2D eigenvalue weighted by molar-refractivity contribution is -0.110. The molecule has 0 aliphatic heterocycles. The van der Waals surface area contributed by atoms with Gasteiger partial charge in [-0.1, -0.05) is 18.6 Å². The van der Waals surface area contributed by atoms with E-state index in [1.165, 1.54) is 0 Å². The highest BCUT2D eigenvalue weighted by molar-refractivity contribution is 7.96. The average molecular weight is 144 g/mol. The first kappa shape index (κ1) is 8.76. The van der Waals surface area contributed by atoms with Crippen LogP contribution in [0.3, 0.4) is 0 Å². The van der Waals surface area contributed by atoms with Crippen LogP contribution in [-0.2, 0) is 4.79 Å². The molecule has 0 aliphatic rings. The van der Waals surface area contributed by atoms with Crippen LogP contribution in [0.25, 0.3) is 0 Å². The third kappa shape index (κ3) is 4.28. The highest BCUT2D eigenvalue weighted by atomic mass is 32.1. The van der Waals surface area contributed by atoms with Gasteiger partial charge in [0.1, 0.15) is 0 Å². The third-order valence-corrected chi connectivity index (χ3v) is 1.40. The first-order valence-corrected chi connectivity index (χ1v) is 3.51. The van der Waals surface area contributed by atoms with E-state index in [1.54, 1.807) is 0 Å². The van der Waals surface area contributed by atoms with Crippen molar-refractivity contribution in [2.75, 3.05) is 0 Å². The molecule has 0 rings (SSSR count). The van der Waals surface area contributed by atoms with Gasteiger partial charge in [-0.25, -0.2) is 0 Å². The van der Waals surface area contributed by atoms with E-state index in [4.69, 9.17) is 0 Å². The van der Waals surface area contributed by atoms with Crippen LogP contribution in [0.4, 0.5) is 0 Å². The minimum absolute atomic E-state index is 0.0510. The van der Waals surface area contributed by atoms with Crippen molar-refractivity contribution in [1.29, 1.82) is 0 Å². The quantitative estimate of drug-likeness (QED) is 0.474. The van der Waals surface area contributed by atoms with E-state index in [1.807, 2.05) is 19.9 Å². The first-order chi connectivity index (χ1) is 4.20. The van der Waals surface area contributed by atoms with Gasteiger partial charge in [0.15, 0.2) is 5.12 Å². The van der Waals surface area contributed by atoms with Gasteiger partial charge < -0.3 is 0 Å². The Morgan fingerprint density at radius 2 is 2.22 bits per heavy atom. The molecule has 0 fully saturated rings. The summed E-state index contributed by atoms with van der Waals surface area (Å²) >= 11 is 3.67. The molecular weight excluding hydrogens is 132 g/mol. The number of hydrogen-bond donors (Lipinski definition) is 1. The van der Waals surface area contributed by atoms with E-state index in [0.717, 1.165) is 12.0 Å². The molecule has 2 heteroatoms. The van der Waals surface area contributed by atoms with Crippen LogP contribution >= 0.6 is 12.6 Å². The van der Waals surface area contributed by atoms with Crippen molar-refractivity contribution in [1.82, 2.24) is 0 Å². The van der Waals surface area contributed by atoms with Crippen molar-refractivity contribution in [2.24, 2.45) is 0 Å². The summed E-state index contributed by atoms with van der Waals surface area (Å²) in [5.74, 6) is 0. The summed E-state index contributed by atoms with van der Waals surface area (Å²) in [5.41, 5.74) is 1.16. The monoisotopic (exact) mass is 144 g/mol. The van der Waals surface area contributed by atoms with Crippen LogP contribution in [-0.4, -0.2) is 5.12 Å². The van der Waals surface area contributed by atoms with Gasteiger partial charge in [0.05, 0.1) is 0 Å². The number of rotatable bonds is 3. The minimum Gasteiger partial charge on any atom is -0.287 e. The maximum Gasteiger partial charge on any atom is 0.189 e. The molecule has 0 saturated carbocycles. The Bertz CT molecular complexity index is 127. The van der Waals surface area contributed by atoms with Crippen molar-refractivity contribution in [3.05, 3.63) is 11.6 Å². The summed E-state index contributed by atoms with van der Waals surface area (Å²) in [6.07, 6.45) is 3.41. The maximum atomic E-state index is 10.4. The predicted molar refractivity (Wildman–Crippen MR) is 42.7 cm³/mol. The standard InChI is InChI=1S/C7H12OS/c1-3-6(4-2)5-7(8)9/h3H,4-5H2,1-2H3,(H,8,9). The molecule has 0 N–H and O–H groups in total. The zero-order valence-corrected chi connectivity index (χ0v) is 6.74. The van der Waals surface area contributed by atoms with Crippen LogP contribution in [0.15, 0.2) is 11.6 Å². The summed E-state index contributed by atoms with van der Waals surface area (Å²) in [4.78, 5) is 10.4. The molecule has 0 amide bonds. The minimum atomic E-state index is -0.0510. The number of allylic oxidation sites excluding steroid dienone is 2. The molecule has 52 valence electrons. The summed E-state index contributed by atoms with van der Waals surface area (Å²) in [6.45, 7) is 3.97. The Kier molecular flexibility index (Phi) is 4.50. The maximum absolute atomic E-state index is 10.4. The molecule has 0 unspecified atom stereocenters. The van der Waals surface area contributed by atoms with E-state index in [-0.39, 0.29) is 5.12 Å². The smallest absolute Gasteiger partial charge is 0.189 e. The van der Waals surface area contributed by atoms with E-state index in [0.29, 0.717) is 6.42 Å². The van der Waals surface area contributed by atoms with Crippen molar-refractivity contribution in [3.8, 4) is 0 Å². The molecule has 0 aromatic rings. The van der Waals surface area contributed by atoms with Crippen LogP contribution in [0, 0.1) is 0 Å². The van der Waals surface area contributed by atoms with Crippen molar-refractivity contribution >= 4 is 17.7 Å². The molecule has 0 heterocycles. The Morgan fingerprint density at radius 3 is 2.33 bits per heavy atom.